The molecular weight excluding hydrogens is 417 g/mol. The number of carbonyl (C=O) groups is 2. The van der Waals surface area contributed by atoms with Crippen molar-refractivity contribution in [2.24, 2.45) is 0 Å². The summed E-state index contributed by atoms with van der Waals surface area (Å²) >= 11 is 3.18. The van der Waals surface area contributed by atoms with E-state index in [0.717, 1.165) is 0 Å². The van der Waals surface area contributed by atoms with Gasteiger partial charge in [-0.2, -0.15) is 0 Å². The lowest BCUT2D eigenvalue weighted by molar-refractivity contribution is -0.116. The number of rotatable bonds is 5. The van der Waals surface area contributed by atoms with Gasteiger partial charge >= 0.3 is 0 Å². The van der Waals surface area contributed by atoms with Gasteiger partial charge in [-0.05, 0) is 37.3 Å². The molecule has 1 aliphatic heterocycles. The predicted octanol–water partition coefficient (Wildman–Crippen LogP) is 3.28. The zero-order valence-corrected chi connectivity index (χ0v) is 16.6. The first-order chi connectivity index (χ1) is 12.9. The predicted molar refractivity (Wildman–Crippen MR) is 103 cm³/mol. The third kappa shape index (κ3) is 5.17. The first kappa shape index (κ1) is 19.6. The van der Waals surface area contributed by atoms with E-state index in [2.05, 4.69) is 26.1 Å². The summed E-state index contributed by atoms with van der Waals surface area (Å²) in [7, 11) is 0. The maximum atomic E-state index is 13.8. The smallest absolute Gasteiger partial charge is 0.289 e. The fourth-order valence-electron chi connectivity index (χ4n) is 2.94. The monoisotopic (exact) mass is 437 g/mol. The summed E-state index contributed by atoms with van der Waals surface area (Å²) in [6, 6.07) is 7.98. The summed E-state index contributed by atoms with van der Waals surface area (Å²) in [6.45, 7) is 4.91. The van der Waals surface area contributed by atoms with E-state index in [1.54, 1.807) is 30.0 Å². The molecule has 8 heteroatoms. The first-order valence-corrected chi connectivity index (χ1v) is 9.54. The minimum absolute atomic E-state index is 0.105. The Balaban J connectivity index is 1.42. The number of halogens is 2. The molecule has 0 aliphatic carbocycles. The van der Waals surface area contributed by atoms with Gasteiger partial charge in [-0.3, -0.25) is 14.5 Å². The van der Waals surface area contributed by atoms with Crippen LogP contribution in [0.5, 0.6) is 0 Å². The summed E-state index contributed by atoms with van der Waals surface area (Å²) in [5, 5.41) is 2.59. The standard InChI is InChI=1S/C19H21BrFN3O3/c1-13-2-5-17(27-13)19(26)24-10-8-23(9-11-24)7-6-18(25)22-16-4-3-14(20)12-15(16)21/h2-5,12H,6-11H2,1H3,(H,22,25). The van der Waals surface area contributed by atoms with Gasteiger partial charge in [-0.15, -0.1) is 0 Å². The Bertz CT molecular complexity index is 831. The molecule has 0 radical (unpaired) electrons. The van der Waals surface area contributed by atoms with E-state index in [1.807, 2.05) is 0 Å². The summed E-state index contributed by atoms with van der Waals surface area (Å²) in [5.41, 5.74) is 0.173. The maximum absolute atomic E-state index is 13.8. The molecule has 2 amide bonds. The summed E-state index contributed by atoms with van der Waals surface area (Å²) in [5.74, 6) is 0.257. The summed E-state index contributed by atoms with van der Waals surface area (Å²) in [6.07, 6.45) is 0.265. The van der Waals surface area contributed by atoms with Crippen LogP contribution in [0.4, 0.5) is 10.1 Å². The fourth-order valence-corrected chi connectivity index (χ4v) is 3.28. The van der Waals surface area contributed by atoms with Gasteiger partial charge in [0.1, 0.15) is 11.6 Å². The van der Waals surface area contributed by atoms with E-state index in [9.17, 15) is 14.0 Å². The molecule has 0 saturated carbocycles. The van der Waals surface area contributed by atoms with E-state index in [1.165, 1.54) is 12.1 Å². The number of hydrogen-bond acceptors (Lipinski definition) is 4. The first-order valence-electron chi connectivity index (χ1n) is 8.75. The van der Waals surface area contributed by atoms with Crippen LogP contribution in [-0.4, -0.2) is 54.3 Å². The second-order valence-electron chi connectivity index (χ2n) is 6.47. The van der Waals surface area contributed by atoms with Crippen molar-refractivity contribution in [1.82, 2.24) is 9.80 Å². The maximum Gasteiger partial charge on any atom is 0.289 e. The van der Waals surface area contributed by atoms with Crippen LogP contribution in [-0.2, 0) is 4.79 Å². The highest BCUT2D eigenvalue weighted by atomic mass is 79.9. The number of nitrogens with one attached hydrogen (secondary N) is 1. The van der Waals surface area contributed by atoms with Gasteiger partial charge in [0.2, 0.25) is 5.91 Å². The Morgan fingerprint density at radius 1 is 1.19 bits per heavy atom. The lowest BCUT2D eigenvalue weighted by Crippen LogP contribution is -2.49. The summed E-state index contributed by atoms with van der Waals surface area (Å²) < 4.78 is 19.8. The van der Waals surface area contributed by atoms with Crippen molar-refractivity contribution in [3.05, 3.63) is 52.1 Å². The largest absolute Gasteiger partial charge is 0.456 e. The van der Waals surface area contributed by atoms with Crippen LogP contribution in [0.1, 0.15) is 22.7 Å². The third-order valence-corrected chi connectivity index (χ3v) is 4.96. The summed E-state index contributed by atoms with van der Waals surface area (Å²) in [4.78, 5) is 28.3. The zero-order chi connectivity index (χ0) is 19.4. The van der Waals surface area contributed by atoms with Crippen LogP contribution in [0.2, 0.25) is 0 Å². The van der Waals surface area contributed by atoms with Gasteiger partial charge in [0.25, 0.3) is 5.91 Å². The number of piperazine rings is 1. The normalized spacial score (nSPS) is 15.0. The SMILES string of the molecule is Cc1ccc(C(=O)N2CCN(CCC(=O)Nc3ccc(Br)cc3F)CC2)o1. The van der Waals surface area contributed by atoms with Gasteiger partial charge in [0.15, 0.2) is 5.76 Å². The van der Waals surface area contributed by atoms with Crippen molar-refractivity contribution in [3.63, 3.8) is 0 Å². The topological polar surface area (TPSA) is 65.8 Å². The molecule has 6 nitrogen and oxygen atoms in total. The average molecular weight is 438 g/mol. The van der Waals surface area contributed by atoms with E-state index in [4.69, 9.17) is 4.42 Å². The van der Waals surface area contributed by atoms with Gasteiger partial charge in [0.05, 0.1) is 5.69 Å². The van der Waals surface area contributed by atoms with Crippen LogP contribution in [0, 0.1) is 12.7 Å². The molecule has 1 aliphatic rings. The van der Waals surface area contributed by atoms with Crippen LogP contribution in [0.3, 0.4) is 0 Å². The number of carbonyl (C=O) groups excluding carboxylic acids is 2. The van der Waals surface area contributed by atoms with Crippen LogP contribution >= 0.6 is 15.9 Å². The Hall–Kier alpha value is -2.19. The van der Waals surface area contributed by atoms with Crippen molar-refractivity contribution >= 4 is 33.4 Å². The van der Waals surface area contributed by atoms with Crippen molar-refractivity contribution in [2.45, 2.75) is 13.3 Å². The highest BCUT2D eigenvalue weighted by Crippen LogP contribution is 2.19. The highest BCUT2D eigenvalue weighted by molar-refractivity contribution is 9.10. The molecule has 1 fully saturated rings. The molecule has 3 rings (SSSR count). The number of nitrogens with zero attached hydrogens (tertiary/aromatic N) is 2. The minimum Gasteiger partial charge on any atom is -0.456 e. The number of anilines is 1. The Morgan fingerprint density at radius 3 is 2.56 bits per heavy atom. The van der Waals surface area contributed by atoms with Gasteiger partial charge in [-0.1, -0.05) is 15.9 Å². The zero-order valence-electron chi connectivity index (χ0n) is 15.0. The number of furan rings is 1. The second-order valence-corrected chi connectivity index (χ2v) is 7.38. The molecule has 2 aromatic rings. The van der Waals surface area contributed by atoms with Crippen molar-refractivity contribution < 1.29 is 18.4 Å². The highest BCUT2D eigenvalue weighted by Gasteiger charge is 2.24. The molecule has 1 saturated heterocycles. The Morgan fingerprint density at radius 2 is 1.93 bits per heavy atom. The van der Waals surface area contributed by atoms with Gasteiger partial charge in [-0.25, -0.2) is 4.39 Å². The molecule has 2 heterocycles. The molecule has 27 heavy (non-hydrogen) atoms. The molecule has 0 bridgehead atoms. The number of aryl methyl sites for hydroxylation is 1. The number of hydrogen-bond donors (Lipinski definition) is 1. The second kappa shape index (κ2) is 8.67. The van der Waals surface area contributed by atoms with Gasteiger partial charge < -0.3 is 14.6 Å². The lowest BCUT2D eigenvalue weighted by atomic mass is 10.2. The minimum atomic E-state index is -0.474. The lowest BCUT2D eigenvalue weighted by Gasteiger charge is -2.34. The van der Waals surface area contributed by atoms with Crippen LogP contribution in [0.25, 0.3) is 0 Å². The van der Waals surface area contributed by atoms with Crippen molar-refractivity contribution in [1.29, 1.82) is 0 Å². The molecular formula is C19H21BrFN3O3. The van der Waals surface area contributed by atoms with E-state index >= 15 is 0 Å². The Kier molecular flexibility index (Phi) is 6.28. The van der Waals surface area contributed by atoms with Crippen LogP contribution in [0.15, 0.2) is 39.2 Å². The molecule has 1 aromatic carbocycles. The molecule has 0 atom stereocenters. The van der Waals surface area contributed by atoms with Crippen molar-refractivity contribution in [3.8, 4) is 0 Å². The molecule has 144 valence electrons. The quantitative estimate of drug-likeness (QED) is 0.779. The molecule has 1 N–H and O–H groups in total. The number of amides is 2. The molecule has 0 spiro atoms. The van der Waals surface area contributed by atoms with Crippen molar-refractivity contribution in [2.75, 3.05) is 38.0 Å². The third-order valence-electron chi connectivity index (χ3n) is 4.47. The van der Waals surface area contributed by atoms with E-state index < -0.39 is 5.82 Å². The molecule has 1 aromatic heterocycles. The van der Waals surface area contributed by atoms with Crippen LogP contribution < -0.4 is 5.32 Å². The van der Waals surface area contributed by atoms with Gasteiger partial charge in [0, 0.05) is 43.6 Å². The fraction of sp³-hybridized carbons (Fsp3) is 0.368. The Labute approximate surface area is 165 Å². The van der Waals surface area contributed by atoms with E-state index in [-0.39, 0.29) is 23.9 Å². The number of benzene rings is 1. The average Bonchev–Trinajstić information content (AvgIpc) is 3.08. The molecule has 0 unspecified atom stereocenters. The van der Waals surface area contributed by atoms with E-state index in [0.29, 0.717) is 48.7 Å².